The van der Waals surface area contributed by atoms with Gasteiger partial charge in [0.1, 0.15) is 11.5 Å². The van der Waals surface area contributed by atoms with Gasteiger partial charge in [-0.25, -0.2) is 4.79 Å². The van der Waals surface area contributed by atoms with Crippen molar-refractivity contribution in [2.45, 2.75) is 18.9 Å². The molecule has 1 fully saturated rings. The number of aliphatic carboxylic acids is 1. The largest absolute Gasteiger partial charge is 0.497 e. The molecule has 23 heavy (non-hydrogen) atoms. The van der Waals surface area contributed by atoms with Gasteiger partial charge >= 0.3 is 5.97 Å². The normalized spacial score (nSPS) is 14.9. The average molecular weight is 323 g/mol. The Labute approximate surface area is 134 Å². The van der Waals surface area contributed by atoms with Gasteiger partial charge in [0.25, 0.3) is 5.91 Å². The summed E-state index contributed by atoms with van der Waals surface area (Å²) in [6.07, 6.45) is 1.19. The molecule has 0 aliphatic heterocycles. The molecule has 0 saturated heterocycles. The lowest BCUT2D eigenvalue weighted by Crippen LogP contribution is -2.38. The van der Waals surface area contributed by atoms with Crippen molar-refractivity contribution in [2.75, 3.05) is 27.4 Å². The Kier molecular flexibility index (Phi) is 5.81. The number of carboxylic acids is 1. The van der Waals surface area contributed by atoms with E-state index in [1.165, 1.54) is 14.2 Å². The summed E-state index contributed by atoms with van der Waals surface area (Å²) in [5, 5.41) is 11.5. The Morgan fingerprint density at radius 2 is 2.09 bits per heavy atom. The summed E-state index contributed by atoms with van der Waals surface area (Å²) in [4.78, 5) is 23.2. The summed E-state index contributed by atoms with van der Waals surface area (Å²) in [5.41, 5.74) is 0.340. The average Bonchev–Trinajstić information content (AvgIpc) is 3.37. The molecule has 0 spiro atoms. The molecule has 1 unspecified atom stereocenters. The minimum absolute atomic E-state index is 0.126. The van der Waals surface area contributed by atoms with E-state index in [4.69, 9.17) is 19.3 Å². The van der Waals surface area contributed by atoms with Crippen LogP contribution < -0.4 is 14.8 Å². The molecule has 1 aromatic rings. The fourth-order valence-corrected chi connectivity index (χ4v) is 1.98. The molecular formula is C16H21NO6. The molecule has 1 atom stereocenters. The van der Waals surface area contributed by atoms with E-state index in [1.807, 2.05) is 0 Å². The van der Waals surface area contributed by atoms with Gasteiger partial charge in [-0.3, -0.25) is 4.79 Å². The molecule has 1 amide bonds. The summed E-state index contributed by atoms with van der Waals surface area (Å²) in [6, 6.07) is 4.91. The number of carboxylic acid groups (broad SMARTS) is 1. The molecule has 1 saturated carbocycles. The van der Waals surface area contributed by atoms with E-state index in [0.717, 1.165) is 12.8 Å². The fraction of sp³-hybridized carbons (Fsp3) is 0.500. The SMILES string of the molecule is COc1ccc(C(=O)NCC(OC)C(=O)O)c(OCC2CC2)c1. The van der Waals surface area contributed by atoms with Gasteiger partial charge in [-0.2, -0.15) is 0 Å². The summed E-state index contributed by atoms with van der Waals surface area (Å²) >= 11 is 0. The Bertz CT molecular complexity index is 570. The van der Waals surface area contributed by atoms with E-state index >= 15 is 0 Å². The zero-order valence-electron chi connectivity index (χ0n) is 13.2. The second kappa shape index (κ2) is 7.82. The first-order valence-corrected chi connectivity index (χ1v) is 7.39. The second-order valence-electron chi connectivity index (χ2n) is 5.39. The predicted octanol–water partition coefficient (Wildman–Crippen LogP) is 1.31. The number of rotatable bonds is 9. The van der Waals surface area contributed by atoms with Gasteiger partial charge in [0.2, 0.25) is 0 Å². The first kappa shape index (κ1) is 17.1. The van der Waals surface area contributed by atoms with E-state index in [9.17, 15) is 9.59 Å². The van der Waals surface area contributed by atoms with Crippen molar-refractivity contribution in [3.8, 4) is 11.5 Å². The highest BCUT2D eigenvalue weighted by Crippen LogP contribution is 2.31. The molecule has 7 nitrogen and oxygen atoms in total. The molecule has 126 valence electrons. The van der Waals surface area contributed by atoms with Gasteiger partial charge < -0.3 is 24.6 Å². The monoisotopic (exact) mass is 323 g/mol. The smallest absolute Gasteiger partial charge is 0.334 e. The number of carbonyl (C=O) groups excluding carboxylic acids is 1. The zero-order valence-corrected chi connectivity index (χ0v) is 13.2. The topological polar surface area (TPSA) is 94.1 Å². The van der Waals surface area contributed by atoms with Crippen molar-refractivity contribution >= 4 is 11.9 Å². The van der Waals surface area contributed by atoms with E-state index in [0.29, 0.717) is 29.6 Å². The van der Waals surface area contributed by atoms with E-state index in [-0.39, 0.29) is 6.54 Å². The number of hydrogen-bond acceptors (Lipinski definition) is 5. The van der Waals surface area contributed by atoms with Crippen molar-refractivity contribution in [1.29, 1.82) is 0 Å². The standard InChI is InChI=1S/C16H21NO6/c1-21-11-5-6-12(13(7-11)23-9-10-3-4-10)15(18)17-8-14(22-2)16(19)20/h5-7,10,14H,3-4,8-9H2,1-2H3,(H,17,18)(H,19,20). The maximum absolute atomic E-state index is 12.3. The third-order valence-corrected chi connectivity index (χ3v) is 3.61. The first-order valence-electron chi connectivity index (χ1n) is 7.39. The lowest BCUT2D eigenvalue weighted by molar-refractivity contribution is -0.148. The first-order chi connectivity index (χ1) is 11.0. The van der Waals surface area contributed by atoms with E-state index in [1.54, 1.807) is 18.2 Å². The highest BCUT2D eigenvalue weighted by Gasteiger charge is 2.24. The van der Waals surface area contributed by atoms with Crippen LogP contribution in [0.1, 0.15) is 23.2 Å². The summed E-state index contributed by atoms with van der Waals surface area (Å²) in [6.45, 7) is 0.433. The number of carbonyl (C=O) groups is 2. The van der Waals surface area contributed by atoms with Crippen LogP contribution in [0.5, 0.6) is 11.5 Å². The second-order valence-corrected chi connectivity index (χ2v) is 5.39. The molecule has 1 aliphatic rings. The van der Waals surface area contributed by atoms with Gasteiger partial charge in [-0.15, -0.1) is 0 Å². The molecule has 1 aliphatic carbocycles. The van der Waals surface area contributed by atoms with Crippen LogP contribution in [0.4, 0.5) is 0 Å². The summed E-state index contributed by atoms with van der Waals surface area (Å²) < 4.78 is 15.7. The molecular weight excluding hydrogens is 302 g/mol. The van der Waals surface area contributed by atoms with Gasteiger partial charge in [-0.05, 0) is 30.9 Å². The van der Waals surface area contributed by atoms with Crippen molar-refractivity contribution < 1.29 is 28.9 Å². The van der Waals surface area contributed by atoms with Crippen molar-refractivity contribution in [1.82, 2.24) is 5.32 Å². The number of hydrogen-bond donors (Lipinski definition) is 2. The third-order valence-electron chi connectivity index (χ3n) is 3.61. The predicted molar refractivity (Wildman–Crippen MR) is 82.0 cm³/mol. The lowest BCUT2D eigenvalue weighted by atomic mass is 10.1. The molecule has 2 N–H and O–H groups in total. The highest BCUT2D eigenvalue weighted by molar-refractivity contribution is 5.97. The van der Waals surface area contributed by atoms with Gasteiger partial charge in [-0.1, -0.05) is 0 Å². The Morgan fingerprint density at radius 3 is 2.65 bits per heavy atom. The summed E-state index contributed by atoms with van der Waals surface area (Å²) in [5.74, 6) is 0.0159. The van der Waals surface area contributed by atoms with Crippen molar-refractivity contribution in [3.63, 3.8) is 0 Å². The van der Waals surface area contributed by atoms with Gasteiger partial charge in [0.15, 0.2) is 6.10 Å². The quantitative estimate of drug-likeness (QED) is 0.712. The molecule has 2 rings (SSSR count). The van der Waals surface area contributed by atoms with Crippen LogP contribution in [-0.2, 0) is 9.53 Å². The van der Waals surface area contributed by atoms with Crippen molar-refractivity contribution in [3.05, 3.63) is 23.8 Å². The van der Waals surface area contributed by atoms with Crippen LogP contribution in [0.2, 0.25) is 0 Å². The van der Waals surface area contributed by atoms with Gasteiger partial charge in [0.05, 0.1) is 25.8 Å². The van der Waals surface area contributed by atoms with Crippen LogP contribution in [0, 0.1) is 5.92 Å². The molecule has 0 radical (unpaired) electrons. The van der Waals surface area contributed by atoms with Crippen LogP contribution in [-0.4, -0.2) is 50.5 Å². The Morgan fingerprint density at radius 1 is 1.35 bits per heavy atom. The number of benzene rings is 1. The number of ether oxygens (including phenoxy) is 3. The molecule has 0 bridgehead atoms. The van der Waals surface area contributed by atoms with E-state index < -0.39 is 18.0 Å². The Balaban J connectivity index is 2.06. The van der Waals surface area contributed by atoms with Crippen LogP contribution in [0.15, 0.2) is 18.2 Å². The number of amides is 1. The molecule has 0 aromatic heterocycles. The maximum Gasteiger partial charge on any atom is 0.334 e. The minimum atomic E-state index is -1.13. The lowest BCUT2D eigenvalue weighted by Gasteiger charge is -2.15. The number of methoxy groups -OCH3 is 2. The van der Waals surface area contributed by atoms with Crippen molar-refractivity contribution in [2.24, 2.45) is 5.92 Å². The fourth-order valence-electron chi connectivity index (χ4n) is 1.98. The minimum Gasteiger partial charge on any atom is -0.497 e. The van der Waals surface area contributed by atoms with Crippen LogP contribution >= 0.6 is 0 Å². The third kappa shape index (κ3) is 4.85. The molecule has 0 heterocycles. The summed E-state index contributed by atoms with van der Waals surface area (Å²) in [7, 11) is 2.82. The highest BCUT2D eigenvalue weighted by atomic mass is 16.5. The van der Waals surface area contributed by atoms with Crippen LogP contribution in [0.3, 0.4) is 0 Å². The Hall–Kier alpha value is -2.28. The number of nitrogens with one attached hydrogen (secondary N) is 1. The molecule has 1 aromatic carbocycles. The zero-order chi connectivity index (χ0) is 16.8. The van der Waals surface area contributed by atoms with Crippen LogP contribution in [0.25, 0.3) is 0 Å². The van der Waals surface area contributed by atoms with E-state index in [2.05, 4.69) is 5.32 Å². The maximum atomic E-state index is 12.3. The molecule has 7 heteroatoms. The van der Waals surface area contributed by atoms with Gasteiger partial charge in [0, 0.05) is 13.2 Å².